The fraction of sp³-hybridized carbons (Fsp3) is 0.688. The molecular formula is C16H31N7O5. The van der Waals surface area contributed by atoms with Crippen molar-refractivity contribution in [1.29, 1.82) is 0 Å². The Balaban J connectivity index is 5.14. The fourth-order valence-electron chi connectivity index (χ4n) is 2.14. The molecule has 12 heteroatoms. The third kappa shape index (κ3) is 10.3. The number of carboxylic acids is 1. The van der Waals surface area contributed by atoms with Crippen LogP contribution >= 0.6 is 0 Å². The number of carbonyl (C=O) groups is 4. The van der Waals surface area contributed by atoms with Crippen LogP contribution in [0.4, 0.5) is 0 Å². The zero-order valence-corrected chi connectivity index (χ0v) is 16.4. The van der Waals surface area contributed by atoms with Gasteiger partial charge < -0.3 is 38.3 Å². The van der Waals surface area contributed by atoms with Crippen molar-refractivity contribution in [2.45, 2.75) is 51.7 Å². The van der Waals surface area contributed by atoms with Crippen LogP contribution in [-0.2, 0) is 19.2 Å². The topological polar surface area (TPSA) is 215 Å². The smallest absolute Gasteiger partial charge is 0.322 e. The molecule has 28 heavy (non-hydrogen) atoms. The molecule has 0 fully saturated rings. The van der Waals surface area contributed by atoms with Gasteiger partial charge in [-0.15, -0.1) is 0 Å². The summed E-state index contributed by atoms with van der Waals surface area (Å²) in [5.74, 6) is -3.35. The van der Waals surface area contributed by atoms with Crippen LogP contribution in [0, 0.1) is 5.92 Å². The van der Waals surface area contributed by atoms with Crippen molar-refractivity contribution in [1.82, 2.24) is 16.0 Å². The molecule has 0 radical (unpaired) electrons. The highest BCUT2D eigenvalue weighted by Gasteiger charge is 2.29. The molecule has 12 nitrogen and oxygen atoms in total. The summed E-state index contributed by atoms with van der Waals surface area (Å²) in [6.45, 7) is 4.58. The number of rotatable bonds is 12. The van der Waals surface area contributed by atoms with E-state index in [2.05, 4.69) is 20.9 Å². The van der Waals surface area contributed by atoms with Gasteiger partial charge in [-0.1, -0.05) is 13.8 Å². The highest BCUT2D eigenvalue weighted by molar-refractivity contribution is 5.93. The summed E-state index contributed by atoms with van der Waals surface area (Å²) in [4.78, 5) is 51.1. The van der Waals surface area contributed by atoms with Gasteiger partial charge in [-0.3, -0.25) is 24.2 Å². The van der Waals surface area contributed by atoms with E-state index in [1.165, 1.54) is 6.92 Å². The second-order valence-electron chi connectivity index (χ2n) is 6.64. The number of nitrogens with zero attached hydrogens (tertiary/aromatic N) is 1. The second-order valence-corrected chi connectivity index (χ2v) is 6.64. The van der Waals surface area contributed by atoms with E-state index >= 15 is 0 Å². The molecule has 0 aliphatic rings. The number of aliphatic carboxylic acids is 1. The van der Waals surface area contributed by atoms with E-state index in [0.29, 0.717) is 6.42 Å². The van der Waals surface area contributed by atoms with Crippen molar-refractivity contribution in [3.05, 3.63) is 0 Å². The number of guanidine groups is 1. The van der Waals surface area contributed by atoms with Gasteiger partial charge in [-0.05, 0) is 25.7 Å². The molecule has 0 aromatic carbocycles. The Bertz CT molecular complexity index is 588. The molecule has 0 aromatic rings. The van der Waals surface area contributed by atoms with Crippen molar-refractivity contribution >= 4 is 29.7 Å². The molecule has 160 valence electrons. The minimum Gasteiger partial charge on any atom is -0.480 e. The van der Waals surface area contributed by atoms with Gasteiger partial charge in [0.25, 0.3) is 0 Å². The summed E-state index contributed by atoms with van der Waals surface area (Å²) in [6.07, 6.45) is 0.530. The van der Waals surface area contributed by atoms with Crippen molar-refractivity contribution < 1.29 is 24.3 Å². The largest absolute Gasteiger partial charge is 0.480 e. The highest BCUT2D eigenvalue weighted by Crippen LogP contribution is 2.05. The number of nitrogens with one attached hydrogen (secondary N) is 3. The van der Waals surface area contributed by atoms with Crippen LogP contribution in [0.2, 0.25) is 0 Å². The van der Waals surface area contributed by atoms with Gasteiger partial charge in [0, 0.05) is 6.54 Å². The van der Waals surface area contributed by atoms with Crippen LogP contribution in [0.5, 0.6) is 0 Å². The molecule has 0 spiro atoms. The Morgan fingerprint density at radius 2 is 1.61 bits per heavy atom. The van der Waals surface area contributed by atoms with Crippen LogP contribution in [0.25, 0.3) is 0 Å². The molecule has 10 N–H and O–H groups in total. The normalized spacial score (nSPS) is 13.8. The number of hydrogen-bond donors (Lipinski definition) is 7. The monoisotopic (exact) mass is 401 g/mol. The lowest BCUT2D eigenvalue weighted by molar-refractivity contribution is -0.138. The molecule has 0 aromatic heterocycles. The van der Waals surface area contributed by atoms with Crippen molar-refractivity contribution in [2.24, 2.45) is 28.1 Å². The Morgan fingerprint density at radius 3 is 2.07 bits per heavy atom. The van der Waals surface area contributed by atoms with E-state index in [1.54, 1.807) is 13.8 Å². The van der Waals surface area contributed by atoms with Gasteiger partial charge in [0.15, 0.2) is 5.96 Å². The summed E-state index contributed by atoms with van der Waals surface area (Å²) in [5.41, 5.74) is 16.0. The maximum atomic E-state index is 12.6. The minimum absolute atomic E-state index is 0.102. The average molecular weight is 401 g/mol. The molecule has 0 aliphatic carbocycles. The van der Waals surface area contributed by atoms with Crippen LogP contribution in [-0.4, -0.2) is 66.0 Å². The first-order chi connectivity index (χ1) is 13.0. The number of carbonyl (C=O) groups excluding carboxylic acids is 3. The van der Waals surface area contributed by atoms with Crippen LogP contribution in [0.1, 0.15) is 33.6 Å². The molecule has 0 aliphatic heterocycles. The standard InChI is InChI=1S/C16H31N7O5/c1-8(2)12(23-13(26)9(3)17)15(28)22-10(5-4-6-20-16(18)19)14(27)21-7-11(24)25/h8-10,12H,4-7,17H2,1-3H3,(H,21,27)(H,22,28)(H,23,26)(H,24,25)(H4,18,19,20). The average Bonchev–Trinajstić information content (AvgIpc) is 2.58. The zero-order valence-electron chi connectivity index (χ0n) is 16.4. The lowest BCUT2D eigenvalue weighted by Gasteiger charge is -2.25. The minimum atomic E-state index is -1.22. The van der Waals surface area contributed by atoms with Gasteiger partial charge in [-0.25, -0.2) is 0 Å². The SMILES string of the molecule is CC(N)C(=O)NC(C(=O)NC(CCCN=C(N)N)C(=O)NCC(=O)O)C(C)C. The Morgan fingerprint density at radius 1 is 1.00 bits per heavy atom. The molecule has 0 saturated carbocycles. The molecule has 3 amide bonds. The predicted octanol–water partition coefficient (Wildman–Crippen LogP) is -2.79. The molecule has 0 saturated heterocycles. The molecule has 3 unspecified atom stereocenters. The van der Waals surface area contributed by atoms with E-state index < -0.39 is 48.4 Å². The van der Waals surface area contributed by atoms with E-state index in [1.807, 2.05) is 0 Å². The summed E-state index contributed by atoms with van der Waals surface area (Å²) in [5, 5.41) is 16.0. The van der Waals surface area contributed by atoms with Crippen molar-refractivity contribution in [2.75, 3.05) is 13.1 Å². The summed E-state index contributed by atoms with van der Waals surface area (Å²) in [6, 6.07) is -2.73. The zero-order chi connectivity index (χ0) is 21.9. The maximum absolute atomic E-state index is 12.6. The van der Waals surface area contributed by atoms with Crippen molar-refractivity contribution in [3.63, 3.8) is 0 Å². The van der Waals surface area contributed by atoms with Crippen LogP contribution in [0.3, 0.4) is 0 Å². The van der Waals surface area contributed by atoms with E-state index in [-0.39, 0.29) is 24.8 Å². The summed E-state index contributed by atoms with van der Waals surface area (Å²) < 4.78 is 0. The lowest BCUT2D eigenvalue weighted by atomic mass is 10.0. The van der Waals surface area contributed by atoms with Crippen molar-refractivity contribution in [3.8, 4) is 0 Å². The number of carboxylic acid groups (broad SMARTS) is 1. The first kappa shape index (κ1) is 25.1. The summed E-state index contributed by atoms with van der Waals surface area (Å²) >= 11 is 0. The number of aliphatic imine (C=N–C) groups is 1. The van der Waals surface area contributed by atoms with Gasteiger partial charge in [0.05, 0.1) is 6.04 Å². The lowest BCUT2D eigenvalue weighted by Crippen LogP contribution is -2.57. The third-order valence-electron chi connectivity index (χ3n) is 3.65. The highest BCUT2D eigenvalue weighted by atomic mass is 16.4. The van der Waals surface area contributed by atoms with E-state index in [4.69, 9.17) is 22.3 Å². The number of hydrogen-bond acceptors (Lipinski definition) is 6. The van der Waals surface area contributed by atoms with Crippen LogP contribution < -0.4 is 33.2 Å². The third-order valence-corrected chi connectivity index (χ3v) is 3.65. The molecule has 0 rings (SSSR count). The predicted molar refractivity (Wildman–Crippen MR) is 103 cm³/mol. The van der Waals surface area contributed by atoms with Gasteiger partial charge in [0.2, 0.25) is 17.7 Å². The summed E-state index contributed by atoms with van der Waals surface area (Å²) in [7, 11) is 0. The van der Waals surface area contributed by atoms with Gasteiger partial charge >= 0.3 is 5.97 Å². The van der Waals surface area contributed by atoms with Gasteiger partial charge in [0.1, 0.15) is 18.6 Å². The molecule has 0 heterocycles. The first-order valence-corrected chi connectivity index (χ1v) is 8.86. The maximum Gasteiger partial charge on any atom is 0.322 e. The first-order valence-electron chi connectivity index (χ1n) is 8.86. The number of amides is 3. The molecule has 3 atom stereocenters. The van der Waals surface area contributed by atoms with E-state index in [0.717, 1.165) is 0 Å². The molecule has 0 bridgehead atoms. The Hall–Kier alpha value is -2.89. The Labute approximate surface area is 163 Å². The van der Waals surface area contributed by atoms with Gasteiger partial charge in [-0.2, -0.15) is 0 Å². The van der Waals surface area contributed by atoms with Crippen LogP contribution in [0.15, 0.2) is 4.99 Å². The molecular weight excluding hydrogens is 370 g/mol. The quantitative estimate of drug-likeness (QED) is 0.103. The fourth-order valence-corrected chi connectivity index (χ4v) is 2.14. The Kier molecular flexibility index (Phi) is 11.2. The second kappa shape index (κ2) is 12.5. The number of nitrogens with two attached hydrogens (primary N) is 3. The van der Waals surface area contributed by atoms with E-state index in [9.17, 15) is 19.2 Å².